The topological polar surface area (TPSA) is 17.8 Å². The van der Waals surface area contributed by atoms with Crippen molar-refractivity contribution >= 4 is 0 Å². The quantitative estimate of drug-likeness (QED) is 0.580. The van der Waals surface area contributed by atoms with Crippen LogP contribution in [0, 0.1) is 0 Å². The zero-order valence-electron chi connectivity index (χ0n) is 6.20. The molecular formula is C8H12N2. The van der Waals surface area contributed by atoms with Crippen molar-refractivity contribution in [2.75, 3.05) is 0 Å². The van der Waals surface area contributed by atoms with Gasteiger partial charge in [-0.1, -0.05) is 12.2 Å². The maximum absolute atomic E-state index is 4.07. The summed E-state index contributed by atoms with van der Waals surface area (Å²) in [6.45, 7) is 3.01. The number of allylic oxidation sites excluding steroid dienone is 2. The molecule has 10 heavy (non-hydrogen) atoms. The smallest absolute Gasteiger partial charge is 0.0489 e. The van der Waals surface area contributed by atoms with Crippen LogP contribution in [-0.2, 0) is 6.54 Å². The van der Waals surface area contributed by atoms with Gasteiger partial charge in [-0.15, -0.1) is 0 Å². The van der Waals surface area contributed by atoms with E-state index in [0.717, 1.165) is 13.0 Å². The summed E-state index contributed by atoms with van der Waals surface area (Å²) in [6, 6.07) is 1.94. The number of hydrogen-bond donors (Lipinski definition) is 0. The summed E-state index contributed by atoms with van der Waals surface area (Å²) < 4.78 is 1.93. The zero-order chi connectivity index (χ0) is 7.23. The highest BCUT2D eigenvalue weighted by atomic mass is 15.3. The fraction of sp³-hybridized carbons (Fsp3) is 0.375. The van der Waals surface area contributed by atoms with Gasteiger partial charge in [0, 0.05) is 18.9 Å². The highest BCUT2D eigenvalue weighted by molar-refractivity contribution is 4.80. The molecule has 0 aliphatic carbocycles. The Morgan fingerprint density at radius 3 is 3.10 bits per heavy atom. The van der Waals surface area contributed by atoms with Crippen LogP contribution in [0.15, 0.2) is 30.6 Å². The zero-order valence-corrected chi connectivity index (χ0v) is 6.20. The predicted molar refractivity (Wildman–Crippen MR) is 41.7 cm³/mol. The first-order chi connectivity index (χ1) is 4.93. The van der Waals surface area contributed by atoms with E-state index in [9.17, 15) is 0 Å². The minimum absolute atomic E-state index is 0.983. The van der Waals surface area contributed by atoms with Gasteiger partial charge in [0.25, 0.3) is 0 Å². The molecule has 2 nitrogen and oxygen atoms in total. The fourth-order valence-electron chi connectivity index (χ4n) is 0.806. The molecule has 0 aromatic carbocycles. The number of hydrogen-bond acceptors (Lipinski definition) is 1. The van der Waals surface area contributed by atoms with Gasteiger partial charge in [-0.2, -0.15) is 5.10 Å². The summed E-state index contributed by atoms with van der Waals surface area (Å²) in [7, 11) is 0. The van der Waals surface area contributed by atoms with Crippen LogP contribution in [-0.4, -0.2) is 9.78 Å². The summed E-state index contributed by atoms with van der Waals surface area (Å²) in [5, 5.41) is 4.07. The van der Waals surface area contributed by atoms with Crippen molar-refractivity contribution in [3.8, 4) is 0 Å². The number of aromatic nitrogens is 2. The Labute approximate surface area is 61.2 Å². The third-order valence-electron chi connectivity index (χ3n) is 1.32. The Hall–Kier alpha value is -1.05. The first-order valence-electron chi connectivity index (χ1n) is 3.52. The first kappa shape index (κ1) is 7.06. The molecule has 0 bridgehead atoms. The molecule has 0 N–H and O–H groups in total. The van der Waals surface area contributed by atoms with Crippen molar-refractivity contribution in [1.82, 2.24) is 9.78 Å². The van der Waals surface area contributed by atoms with E-state index in [2.05, 4.69) is 17.3 Å². The molecule has 1 aromatic rings. The van der Waals surface area contributed by atoms with Crippen molar-refractivity contribution in [2.24, 2.45) is 0 Å². The normalized spacial score (nSPS) is 10.9. The Balaban J connectivity index is 2.28. The largest absolute Gasteiger partial charge is 0.272 e. The Kier molecular flexibility index (Phi) is 2.74. The molecule has 0 aliphatic rings. The minimum atomic E-state index is 0.983. The molecule has 0 saturated carbocycles. The van der Waals surface area contributed by atoms with Crippen molar-refractivity contribution in [3.05, 3.63) is 30.6 Å². The summed E-state index contributed by atoms with van der Waals surface area (Å²) in [5.41, 5.74) is 0. The number of nitrogens with zero attached hydrogens (tertiary/aromatic N) is 2. The number of rotatable bonds is 3. The second-order valence-corrected chi connectivity index (χ2v) is 2.13. The average molecular weight is 136 g/mol. The van der Waals surface area contributed by atoms with Crippen LogP contribution in [0.5, 0.6) is 0 Å². The van der Waals surface area contributed by atoms with Crippen molar-refractivity contribution in [3.63, 3.8) is 0 Å². The fourth-order valence-corrected chi connectivity index (χ4v) is 0.806. The molecular weight excluding hydrogens is 124 g/mol. The van der Waals surface area contributed by atoms with E-state index in [0.29, 0.717) is 0 Å². The van der Waals surface area contributed by atoms with Gasteiger partial charge in [0.2, 0.25) is 0 Å². The lowest BCUT2D eigenvalue weighted by Gasteiger charge is -1.94. The van der Waals surface area contributed by atoms with Gasteiger partial charge < -0.3 is 0 Å². The molecule has 0 unspecified atom stereocenters. The van der Waals surface area contributed by atoms with Gasteiger partial charge in [-0.3, -0.25) is 4.68 Å². The summed E-state index contributed by atoms with van der Waals surface area (Å²) >= 11 is 0. The Bertz CT molecular complexity index is 187. The van der Waals surface area contributed by atoms with Gasteiger partial charge in [0.1, 0.15) is 0 Å². The van der Waals surface area contributed by atoms with Crippen LogP contribution >= 0.6 is 0 Å². The predicted octanol–water partition coefficient (Wildman–Crippen LogP) is 1.85. The standard InChI is InChI=1S/C8H12N2/c1-2-3-4-7-10-8-5-6-9-10/h2-3,5-6,8H,4,7H2,1H3. The highest BCUT2D eigenvalue weighted by Crippen LogP contribution is 1.89. The van der Waals surface area contributed by atoms with E-state index in [1.54, 1.807) is 6.20 Å². The molecule has 1 aromatic heterocycles. The molecule has 1 rings (SSSR count). The van der Waals surface area contributed by atoms with E-state index in [1.807, 2.05) is 23.9 Å². The SMILES string of the molecule is CC=CCCn1cccn1. The summed E-state index contributed by atoms with van der Waals surface area (Å²) in [4.78, 5) is 0. The molecule has 0 amide bonds. The maximum atomic E-state index is 4.07. The average Bonchev–Trinajstić information content (AvgIpc) is 2.41. The lowest BCUT2D eigenvalue weighted by Crippen LogP contribution is -1.95. The van der Waals surface area contributed by atoms with E-state index >= 15 is 0 Å². The molecule has 2 heteroatoms. The van der Waals surface area contributed by atoms with Crippen molar-refractivity contribution in [2.45, 2.75) is 19.9 Å². The maximum Gasteiger partial charge on any atom is 0.0489 e. The van der Waals surface area contributed by atoms with E-state index < -0.39 is 0 Å². The van der Waals surface area contributed by atoms with E-state index in [1.165, 1.54) is 0 Å². The third kappa shape index (κ3) is 2.05. The van der Waals surface area contributed by atoms with Crippen LogP contribution < -0.4 is 0 Å². The highest BCUT2D eigenvalue weighted by Gasteiger charge is 1.84. The van der Waals surface area contributed by atoms with E-state index in [4.69, 9.17) is 0 Å². The lowest BCUT2D eigenvalue weighted by atomic mass is 10.4. The third-order valence-corrected chi connectivity index (χ3v) is 1.32. The van der Waals surface area contributed by atoms with Crippen LogP contribution in [0.2, 0.25) is 0 Å². The van der Waals surface area contributed by atoms with Crippen LogP contribution in [0.4, 0.5) is 0 Å². The van der Waals surface area contributed by atoms with Gasteiger partial charge in [0.15, 0.2) is 0 Å². The first-order valence-corrected chi connectivity index (χ1v) is 3.52. The van der Waals surface area contributed by atoms with Crippen LogP contribution in [0.3, 0.4) is 0 Å². The Morgan fingerprint density at radius 1 is 1.60 bits per heavy atom. The van der Waals surface area contributed by atoms with Gasteiger partial charge >= 0.3 is 0 Å². The van der Waals surface area contributed by atoms with Crippen molar-refractivity contribution < 1.29 is 0 Å². The Morgan fingerprint density at radius 2 is 2.50 bits per heavy atom. The molecule has 1 heterocycles. The van der Waals surface area contributed by atoms with Crippen LogP contribution in [0.1, 0.15) is 13.3 Å². The molecule has 0 radical (unpaired) electrons. The van der Waals surface area contributed by atoms with Gasteiger partial charge in [0.05, 0.1) is 0 Å². The molecule has 0 saturated heterocycles. The van der Waals surface area contributed by atoms with Crippen molar-refractivity contribution in [1.29, 1.82) is 0 Å². The molecule has 54 valence electrons. The second-order valence-electron chi connectivity index (χ2n) is 2.13. The van der Waals surface area contributed by atoms with Crippen LogP contribution in [0.25, 0.3) is 0 Å². The lowest BCUT2D eigenvalue weighted by molar-refractivity contribution is 0.623. The minimum Gasteiger partial charge on any atom is -0.272 e. The molecule has 0 fully saturated rings. The van der Waals surface area contributed by atoms with Gasteiger partial charge in [-0.05, 0) is 19.4 Å². The van der Waals surface area contributed by atoms with Gasteiger partial charge in [-0.25, -0.2) is 0 Å². The summed E-state index contributed by atoms with van der Waals surface area (Å²) in [6.07, 6.45) is 9.04. The second kappa shape index (κ2) is 3.88. The monoisotopic (exact) mass is 136 g/mol. The number of aryl methyl sites for hydroxylation is 1. The summed E-state index contributed by atoms with van der Waals surface area (Å²) in [5.74, 6) is 0. The van der Waals surface area contributed by atoms with E-state index in [-0.39, 0.29) is 0 Å². The molecule has 0 atom stereocenters. The molecule has 0 spiro atoms. The molecule has 0 aliphatic heterocycles.